The maximum atomic E-state index is 12.1. The lowest BCUT2D eigenvalue weighted by atomic mass is 10.00. The molecule has 1 aliphatic heterocycles. The quantitative estimate of drug-likeness (QED) is 0.766. The van der Waals surface area contributed by atoms with Gasteiger partial charge >= 0.3 is 12.2 Å². The molecular formula is C19H27N3O5. The SMILES string of the molecule is CC(C)(C)OC(=O)N[C@@H]1CN(C=O)CC[C@@H]1NC(=O)OCc1ccccc1. The Kier molecular flexibility index (Phi) is 7.04. The number of piperidine rings is 1. The molecule has 0 radical (unpaired) electrons. The van der Waals surface area contributed by atoms with Crippen molar-refractivity contribution in [2.24, 2.45) is 0 Å². The summed E-state index contributed by atoms with van der Waals surface area (Å²) in [5.74, 6) is 0. The molecule has 3 amide bonds. The fourth-order valence-electron chi connectivity index (χ4n) is 2.77. The number of nitrogens with zero attached hydrogens (tertiary/aromatic N) is 1. The molecule has 0 unspecified atom stereocenters. The normalized spacial score (nSPS) is 19.7. The number of likely N-dealkylation sites (tertiary alicyclic amines) is 1. The topological polar surface area (TPSA) is 97.0 Å². The van der Waals surface area contributed by atoms with Crippen LogP contribution in [0, 0.1) is 0 Å². The molecule has 0 spiro atoms. The molecule has 2 N–H and O–H groups in total. The summed E-state index contributed by atoms with van der Waals surface area (Å²) in [5.41, 5.74) is 0.243. The second kappa shape index (κ2) is 9.25. The molecule has 8 nitrogen and oxygen atoms in total. The minimum Gasteiger partial charge on any atom is -0.445 e. The van der Waals surface area contributed by atoms with E-state index >= 15 is 0 Å². The van der Waals surface area contributed by atoms with Gasteiger partial charge in [0.2, 0.25) is 6.41 Å². The van der Waals surface area contributed by atoms with Gasteiger partial charge in [-0.1, -0.05) is 30.3 Å². The zero-order valence-electron chi connectivity index (χ0n) is 15.9. The number of carbonyl (C=O) groups excluding carboxylic acids is 3. The first-order valence-corrected chi connectivity index (χ1v) is 8.93. The molecular weight excluding hydrogens is 350 g/mol. The van der Waals surface area contributed by atoms with Crippen molar-refractivity contribution in [1.29, 1.82) is 0 Å². The highest BCUT2D eigenvalue weighted by molar-refractivity contribution is 5.70. The summed E-state index contributed by atoms with van der Waals surface area (Å²) >= 11 is 0. The molecule has 0 aromatic heterocycles. The largest absolute Gasteiger partial charge is 0.445 e. The third-order valence-corrected chi connectivity index (χ3v) is 4.01. The van der Waals surface area contributed by atoms with Gasteiger partial charge in [0, 0.05) is 13.1 Å². The Morgan fingerprint density at radius 2 is 1.81 bits per heavy atom. The second-order valence-electron chi connectivity index (χ2n) is 7.45. The van der Waals surface area contributed by atoms with Gasteiger partial charge in [-0.15, -0.1) is 0 Å². The van der Waals surface area contributed by atoms with Crippen molar-refractivity contribution in [1.82, 2.24) is 15.5 Å². The third kappa shape index (κ3) is 7.16. The van der Waals surface area contributed by atoms with Gasteiger partial charge < -0.3 is 25.0 Å². The first-order valence-electron chi connectivity index (χ1n) is 8.93. The lowest BCUT2D eigenvalue weighted by molar-refractivity contribution is -0.119. The van der Waals surface area contributed by atoms with Crippen molar-refractivity contribution in [2.75, 3.05) is 13.1 Å². The van der Waals surface area contributed by atoms with E-state index in [2.05, 4.69) is 10.6 Å². The molecule has 2 atom stereocenters. The van der Waals surface area contributed by atoms with Gasteiger partial charge in [-0.3, -0.25) is 4.79 Å². The first-order chi connectivity index (χ1) is 12.8. The Balaban J connectivity index is 1.91. The molecule has 0 aliphatic carbocycles. The fourth-order valence-corrected chi connectivity index (χ4v) is 2.77. The van der Waals surface area contributed by atoms with Crippen LogP contribution < -0.4 is 10.6 Å². The fraction of sp³-hybridized carbons (Fsp3) is 0.526. The number of hydrogen-bond acceptors (Lipinski definition) is 5. The van der Waals surface area contributed by atoms with Crippen molar-refractivity contribution in [3.8, 4) is 0 Å². The summed E-state index contributed by atoms with van der Waals surface area (Å²) in [7, 11) is 0. The predicted octanol–water partition coefficient (Wildman–Crippen LogP) is 2.04. The Morgan fingerprint density at radius 3 is 2.44 bits per heavy atom. The van der Waals surface area contributed by atoms with E-state index in [-0.39, 0.29) is 19.2 Å². The number of hydrogen-bond donors (Lipinski definition) is 2. The smallest absolute Gasteiger partial charge is 0.408 e. The molecule has 1 aromatic rings. The van der Waals surface area contributed by atoms with Crippen LogP contribution in [0.2, 0.25) is 0 Å². The highest BCUT2D eigenvalue weighted by atomic mass is 16.6. The lowest BCUT2D eigenvalue weighted by Crippen LogP contribution is -2.60. The van der Waals surface area contributed by atoms with Gasteiger partial charge in [-0.25, -0.2) is 9.59 Å². The number of rotatable bonds is 5. The molecule has 1 saturated heterocycles. The van der Waals surface area contributed by atoms with E-state index in [1.165, 1.54) is 0 Å². The summed E-state index contributed by atoms with van der Waals surface area (Å²) in [5, 5.41) is 5.51. The molecule has 27 heavy (non-hydrogen) atoms. The minimum atomic E-state index is -0.638. The number of nitrogens with one attached hydrogen (secondary N) is 2. The van der Waals surface area contributed by atoms with Crippen molar-refractivity contribution in [2.45, 2.75) is 51.5 Å². The summed E-state index contributed by atoms with van der Waals surface area (Å²) in [6, 6.07) is 8.52. The Hall–Kier alpha value is -2.77. The van der Waals surface area contributed by atoms with Crippen molar-refractivity contribution < 1.29 is 23.9 Å². The van der Waals surface area contributed by atoms with E-state index in [1.54, 1.807) is 25.7 Å². The number of carbonyl (C=O) groups is 3. The van der Waals surface area contributed by atoms with Crippen LogP contribution in [0.25, 0.3) is 0 Å². The van der Waals surface area contributed by atoms with Crippen LogP contribution in [0.3, 0.4) is 0 Å². The zero-order valence-corrected chi connectivity index (χ0v) is 15.9. The van der Waals surface area contributed by atoms with Gasteiger partial charge in [0.25, 0.3) is 0 Å². The van der Waals surface area contributed by atoms with Crippen molar-refractivity contribution in [3.05, 3.63) is 35.9 Å². The first kappa shape index (κ1) is 20.5. The number of alkyl carbamates (subject to hydrolysis) is 2. The monoisotopic (exact) mass is 377 g/mol. The van der Waals surface area contributed by atoms with Gasteiger partial charge in [-0.05, 0) is 32.8 Å². The highest BCUT2D eigenvalue weighted by Crippen LogP contribution is 2.13. The average Bonchev–Trinajstić information content (AvgIpc) is 2.60. The Labute approximate surface area is 159 Å². The average molecular weight is 377 g/mol. The lowest BCUT2D eigenvalue weighted by Gasteiger charge is -2.37. The molecule has 1 aliphatic rings. The molecule has 8 heteroatoms. The van der Waals surface area contributed by atoms with E-state index in [0.29, 0.717) is 13.0 Å². The van der Waals surface area contributed by atoms with E-state index in [4.69, 9.17) is 9.47 Å². The number of benzene rings is 1. The van der Waals surface area contributed by atoms with Gasteiger partial charge in [0.15, 0.2) is 0 Å². The number of amides is 3. The highest BCUT2D eigenvalue weighted by Gasteiger charge is 2.32. The maximum Gasteiger partial charge on any atom is 0.408 e. The van der Waals surface area contributed by atoms with Gasteiger partial charge in [-0.2, -0.15) is 0 Å². The van der Waals surface area contributed by atoms with Gasteiger partial charge in [0.1, 0.15) is 12.2 Å². The molecule has 0 saturated carbocycles. The number of ether oxygens (including phenoxy) is 2. The third-order valence-electron chi connectivity index (χ3n) is 4.01. The predicted molar refractivity (Wildman–Crippen MR) is 99.0 cm³/mol. The maximum absolute atomic E-state index is 12.1. The zero-order chi connectivity index (χ0) is 19.9. The summed E-state index contributed by atoms with van der Waals surface area (Å²) in [4.78, 5) is 36.8. The molecule has 1 fully saturated rings. The summed E-state index contributed by atoms with van der Waals surface area (Å²) in [6.45, 7) is 6.22. The van der Waals surface area contributed by atoms with Crippen molar-refractivity contribution >= 4 is 18.6 Å². The van der Waals surface area contributed by atoms with E-state index in [0.717, 1.165) is 12.0 Å². The van der Waals surface area contributed by atoms with E-state index in [1.807, 2.05) is 30.3 Å². The molecule has 0 bridgehead atoms. The summed E-state index contributed by atoms with van der Waals surface area (Å²) in [6.07, 6.45) is 0.0666. The van der Waals surface area contributed by atoms with Crippen LogP contribution in [0.1, 0.15) is 32.8 Å². The standard InChI is InChI=1S/C19H27N3O5/c1-19(2,3)27-18(25)21-16-11-22(13-23)10-9-15(16)20-17(24)26-12-14-7-5-4-6-8-14/h4-8,13,15-16H,9-12H2,1-3H3,(H,20,24)(H,21,25)/t15-,16+/m0/s1. The second-order valence-corrected chi connectivity index (χ2v) is 7.45. The van der Waals surface area contributed by atoms with Crippen LogP contribution in [-0.2, 0) is 20.9 Å². The van der Waals surface area contributed by atoms with E-state index < -0.39 is 23.8 Å². The molecule has 1 heterocycles. The van der Waals surface area contributed by atoms with E-state index in [9.17, 15) is 14.4 Å². The van der Waals surface area contributed by atoms with Crippen LogP contribution in [0.4, 0.5) is 9.59 Å². The summed E-state index contributed by atoms with van der Waals surface area (Å²) < 4.78 is 10.5. The molecule has 2 rings (SSSR count). The molecule has 148 valence electrons. The van der Waals surface area contributed by atoms with Crippen LogP contribution in [0.5, 0.6) is 0 Å². The van der Waals surface area contributed by atoms with Gasteiger partial charge in [0.05, 0.1) is 12.1 Å². The Morgan fingerprint density at radius 1 is 1.15 bits per heavy atom. The van der Waals surface area contributed by atoms with Crippen LogP contribution in [0.15, 0.2) is 30.3 Å². The van der Waals surface area contributed by atoms with Crippen LogP contribution in [-0.4, -0.2) is 54.3 Å². The van der Waals surface area contributed by atoms with Crippen LogP contribution >= 0.6 is 0 Å². The molecule has 1 aromatic carbocycles. The van der Waals surface area contributed by atoms with Crippen molar-refractivity contribution in [3.63, 3.8) is 0 Å². The Bertz CT molecular complexity index is 644. The minimum absolute atomic E-state index is 0.157.